The average Bonchev–Trinajstić information content (AvgIpc) is 2.55. The van der Waals surface area contributed by atoms with E-state index in [9.17, 15) is 14.4 Å². The molecule has 14 heavy (non-hydrogen) atoms. The minimum Gasteiger partial charge on any atom is -0.480 e. The van der Waals surface area contributed by atoms with Gasteiger partial charge in [0.2, 0.25) is 11.8 Å². The number of nitrogens with zero attached hydrogens (tertiary/aromatic N) is 1. The molecule has 0 aromatic heterocycles. The first kappa shape index (κ1) is 9.18. The Bertz CT molecular complexity index is 290. The summed E-state index contributed by atoms with van der Waals surface area (Å²) < 4.78 is 0. The highest BCUT2D eigenvalue weighted by molar-refractivity contribution is 6.02. The number of aliphatic carboxylic acids is 1. The Morgan fingerprint density at radius 2 is 1.79 bits per heavy atom. The van der Waals surface area contributed by atoms with Crippen LogP contribution in [0.2, 0.25) is 0 Å². The molecule has 0 radical (unpaired) electrons. The molecule has 1 aliphatic heterocycles. The van der Waals surface area contributed by atoms with Gasteiger partial charge < -0.3 is 5.11 Å². The number of hydrogen-bond donors (Lipinski definition) is 1. The van der Waals surface area contributed by atoms with Gasteiger partial charge in [0.05, 0.1) is 0 Å². The lowest BCUT2D eigenvalue weighted by Crippen LogP contribution is -2.48. The van der Waals surface area contributed by atoms with Gasteiger partial charge in [0.25, 0.3) is 0 Å². The molecule has 1 saturated carbocycles. The van der Waals surface area contributed by atoms with Crippen LogP contribution in [0.5, 0.6) is 0 Å². The number of hydrogen-bond acceptors (Lipinski definition) is 3. The zero-order chi connectivity index (χ0) is 10.3. The van der Waals surface area contributed by atoms with Crippen LogP contribution in [0.1, 0.15) is 19.3 Å². The van der Waals surface area contributed by atoms with E-state index in [1.54, 1.807) is 0 Å². The van der Waals surface area contributed by atoms with Crippen molar-refractivity contribution < 1.29 is 19.5 Å². The number of carbonyl (C=O) groups excluding carboxylic acids is 2. The van der Waals surface area contributed by atoms with Crippen LogP contribution in [0.4, 0.5) is 0 Å². The van der Waals surface area contributed by atoms with Crippen molar-refractivity contribution in [2.24, 2.45) is 11.8 Å². The quantitative estimate of drug-likeness (QED) is 0.625. The first-order valence-electron chi connectivity index (χ1n) is 4.66. The van der Waals surface area contributed by atoms with Crippen molar-refractivity contribution in [3.63, 3.8) is 0 Å². The van der Waals surface area contributed by atoms with E-state index in [1.807, 2.05) is 0 Å². The molecular weight excluding hydrogens is 186 g/mol. The second kappa shape index (κ2) is 3.08. The van der Waals surface area contributed by atoms with Crippen molar-refractivity contribution in [2.75, 3.05) is 6.54 Å². The molecule has 1 N–H and O–H groups in total. The van der Waals surface area contributed by atoms with Crippen LogP contribution in [0.15, 0.2) is 0 Å². The van der Waals surface area contributed by atoms with Gasteiger partial charge >= 0.3 is 5.97 Å². The lowest BCUT2D eigenvalue weighted by atomic mass is 9.97. The number of fused-ring (bicyclic) bond motifs is 2. The SMILES string of the molecule is O=C(O)CN1C(=O)C2CCC(C2)C1=O. The van der Waals surface area contributed by atoms with Crippen LogP contribution in [-0.4, -0.2) is 34.3 Å². The minimum absolute atomic E-state index is 0.114. The molecule has 1 aliphatic carbocycles. The first-order valence-corrected chi connectivity index (χ1v) is 4.66. The highest BCUT2D eigenvalue weighted by Gasteiger charge is 2.45. The monoisotopic (exact) mass is 197 g/mol. The van der Waals surface area contributed by atoms with Gasteiger partial charge in [0, 0.05) is 11.8 Å². The van der Waals surface area contributed by atoms with Crippen LogP contribution in [0.3, 0.4) is 0 Å². The molecule has 2 fully saturated rings. The molecule has 2 atom stereocenters. The molecular formula is C9H11NO4. The topological polar surface area (TPSA) is 74.7 Å². The van der Waals surface area contributed by atoms with Crippen molar-refractivity contribution in [3.05, 3.63) is 0 Å². The number of likely N-dealkylation sites (tertiary alicyclic amines) is 1. The number of imide groups is 1. The maximum absolute atomic E-state index is 11.6. The summed E-state index contributed by atoms with van der Waals surface area (Å²) in [4.78, 5) is 34.5. The van der Waals surface area contributed by atoms with Crippen LogP contribution >= 0.6 is 0 Å². The summed E-state index contributed by atoms with van der Waals surface area (Å²) >= 11 is 0. The Kier molecular flexibility index (Phi) is 2.02. The standard InChI is InChI=1S/C9H11NO4/c11-7(12)4-10-8(13)5-1-2-6(3-5)9(10)14/h5-6H,1-4H2,(H,11,12). The minimum atomic E-state index is -1.13. The van der Waals surface area contributed by atoms with Gasteiger partial charge in [-0.25, -0.2) is 0 Å². The Morgan fingerprint density at radius 3 is 2.21 bits per heavy atom. The van der Waals surface area contributed by atoms with E-state index in [4.69, 9.17) is 5.11 Å². The van der Waals surface area contributed by atoms with E-state index in [0.717, 1.165) is 17.7 Å². The van der Waals surface area contributed by atoms with Gasteiger partial charge in [0.1, 0.15) is 6.54 Å². The van der Waals surface area contributed by atoms with Crippen LogP contribution < -0.4 is 0 Å². The number of carboxylic acids is 1. The van der Waals surface area contributed by atoms with Crippen LogP contribution in [0, 0.1) is 11.8 Å². The third-order valence-corrected chi connectivity index (χ3v) is 2.96. The molecule has 0 spiro atoms. The molecule has 2 amide bonds. The summed E-state index contributed by atoms with van der Waals surface area (Å²) in [7, 11) is 0. The zero-order valence-corrected chi connectivity index (χ0v) is 7.60. The smallest absolute Gasteiger partial charge is 0.323 e. The normalized spacial score (nSPS) is 31.0. The summed E-state index contributed by atoms with van der Waals surface area (Å²) in [6.07, 6.45) is 2.07. The highest BCUT2D eigenvalue weighted by Crippen LogP contribution is 2.37. The molecule has 1 heterocycles. The maximum atomic E-state index is 11.6. The Morgan fingerprint density at radius 1 is 1.29 bits per heavy atom. The second-order valence-corrected chi connectivity index (χ2v) is 3.86. The molecule has 5 heteroatoms. The Labute approximate surface area is 80.7 Å². The Balaban J connectivity index is 2.19. The molecule has 5 nitrogen and oxygen atoms in total. The van der Waals surface area contributed by atoms with Gasteiger partial charge in [-0.2, -0.15) is 0 Å². The largest absolute Gasteiger partial charge is 0.480 e. The van der Waals surface area contributed by atoms with E-state index in [0.29, 0.717) is 6.42 Å². The fraction of sp³-hybridized carbons (Fsp3) is 0.667. The number of carboxylic acid groups (broad SMARTS) is 1. The number of carbonyl (C=O) groups is 3. The summed E-state index contributed by atoms with van der Waals surface area (Å²) in [5, 5.41) is 8.55. The van der Waals surface area contributed by atoms with Crippen molar-refractivity contribution in [2.45, 2.75) is 19.3 Å². The molecule has 0 aromatic carbocycles. The van der Waals surface area contributed by atoms with E-state index >= 15 is 0 Å². The predicted octanol–water partition coefficient (Wildman–Crippen LogP) is -0.144. The molecule has 0 aromatic rings. The van der Waals surface area contributed by atoms with Crippen molar-refractivity contribution in [1.29, 1.82) is 0 Å². The molecule has 76 valence electrons. The van der Waals surface area contributed by atoms with Crippen molar-refractivity contribution in [3.8, 4) is 0 Å². The van der Waals surface area contributed by atoms with E-state index < -0.39 is 12.5 Å². The van der Waals surface area contributed by atoms with Gasteiger partial charge in [0.15, 0.2) is 0 Å². The number of amides is 2. The summed E-state index contributed by atoms with van der Waals surface area (Å²) in [6, 6.07) is 0. The summed E-state index contributed by atoms with van der Waals surface area (Å²) in [5.74, 6) is -1.96. The third-order valence-electron chi connectivity index (χ3n) is 2.96. The van der Waals surface area contributed by atoms with Gasteiger partial charge in [-0.15, -0.1) is 0 Å². The maximum Gasteiger partial charge on any atom is 0.323 e. The third kappa shape index (κ3) is 1.29. The molecule has 2 aliphatic rings. The van der Waals surface area contributed by atoms with Gasteiger partial charge in [-0.3, -0.25) is 19.3 Å². The van der Waals surface area contributed by atoms with Crippen molar-refractivity contribution in [1.82, 2.24) is 4.90 Å². The van der Waals surface area contributed by atoms with E-state index in [2.05, 4.69) is 0 Å². The molecule has 2 bridgehead atoms. The molecule has 2 rings (SSSR count). The predicted molar refractivity (Wildman–Crippen MR) is 45.2 cm³/mol. The average molecular weight is 197 g/mol. The number of rotatable bonds is 2. The first-order chi connectivity index (χ1) is 6.59. The van der Waals surface area contributed by atoms with Crippen LogP contribution in [-0.2, 0) is 14.4 Å². The van der Waals surface area contributed by atoms with Gasteiger partial charge in [-0.05, 0) is 19.3 Å². The lowest BCUT2D eigenvalue weighted by Gasteiger charge is -2.28. The summed E-state index contributed by atoms with van der Waals surface area (Å²) in [5.41, 5.74) is 0. The zero-order valence-electron chi connectivity index (χ0n) is 7.60. The van der Waals surface area contributed by atoms with Gasteiger partial charge in [-0.1, -0.05) is 0 Å². The second-order valence-electron chi connectivity index (χ2n) is 3.86. The Hall–Kier alpha value is -1.39. The summed E-state index contributed by atoms with van der Waals surface area (Å²) in [6.45, 7) is -0.481. The lowest BCUT2D eigenvalue weighted by molar-refractivity contribution is -0.158. The fourth-order valence-corrected chi connectivity index (χ4v) is 2.27. The van der Waals surface area contributed by atoms with E-state index in [-0.39, 0.29) is 23.7 Å². The van der Waals surface area contributed by atoms with Crippen LogP contribution in [0.25, 0.3) is 0 Å². The number of piperidine rings is 1. The van der Waals surface area contributed by atoms with Crippen molar-refractivity contribution >= 4 is 17.8 Å². The van der Waals surface area contributed by atoms with E-state index in [1.165, 1.54) is 0 Å². The highest BCUT2D eigenvalue weighted by atomic mass is 16.4. The molecule has 1 saturated heterocycles. The molecule has 2 unspecified atom stereocenters. The fourth-order valence-electron chi connectivity index (χ4n) is 2.27.